The van der Waals surface area contributed by atoms with Crippen LogP contribution in [0.4, 0.5) is 5.69 Å². The molecule has 16 heavy (non-hydrogen) atoms. The molecule has 2 N–H and O–H groups in total. The van der Waals surface area contributed by atoms with Crippen LogP contribution in [0.3, 0.4) is 0 Å². The van der Waals surface area contributed by atoms with Crippen LogP contribution in [0.2, 0.25) is 0 Å². The van der Waals surface area contributed by atoms with E-state index in [2.05, 4.69) is 0 Å². The average molecular weight is 216 g/mol. The van der Waals surface area contributed by atoms with Crippen molar-refractivity contribution in [2.45, 2.75) is 13.0 Å². The van der Waals surface area contributed by atoms with Crippen LogP contribution in [-0.2, 0) is 16.1 Å². The summed E-state index contributed by atoms with van der Waals surface area (Å²) in [6.45, 7) is 0.466. The molecule has 0 radical (unpaired) electrons. The van der Waals surface area contributed by atoms with Gasteiger partial charge in [-0.2, -0.15) is 0 Å². The van der Waals surface area contributed by atoms with Crippen molar-refractivity contribution in [1.29, 1.82) is 0 Å². The van der Waals surface area contributed by atoms with Gasteiger partial charge in [0.2, 0.25) is 11.8 Å². The van der Waals surface area contributed by atoms with Crippen molar-refractivity contribution < 1.29 is 9.59 Å². The lowest BCUT2D eigenvalue weighted by atomic mass is 10.2. The molecule has 1 aliphatic heterocycles. The molecule has 2 aliphatic rings. The van der Waals surface area contributed by atoms with E-state index < -0.39 is 0 Å². The number of nitrogens with zero attached hydrogens (tertiary/aromatic N) is 1. The molecule has 3 rings (SSSR count). The molecule has 1 aromatic rings. The summed E-state index contributed by atoms with van der Waals surface area (Å²) in [7, 11) is 0. The van der Waals surface area contributed by atoms with E-state index in [1.54, 1.807) is 12.1 Å². The molecular weight excluding hydrogens is 204 g/mol. The van der Waals surface area contributed by atoms with Crippen molar-refractivity contribution in [2.24, 2.45) is 17.6 Å². The van der Waals surface area contributed by atoms with Gasteiger partial charge in [0, 0.05) is 6.54 Å². The van der Waals surface area contributed by atoms with Crippen molar-refractivity contribution >= 4 is 17.5 Å². The monoisotopic (exact) mass is 216 g/mol. The predicted molar refractivity (Wildman–Crippen MR) is 58.4 cm³/mol. The molecule has 1 aliphatic carbocycles. The first-order valence-corrected chi connectivity index (χ1v) is 5.39. The van der Waals surface area contributed by atoms with Crippen molar-refractivity contribution in [3.63, 3.8) is 0 Å². The van der Waals surface area contributed by atoms with Crippen LogP contribution < -0.4 is 10.6 Å². The number of hydrogen-bond acceptors (Lipinski definition) is 3. The summed E-state index contributed by atoms with van der Waals surface area (Å²) in [5, 5.41) is 0. The van der Waals surface area contributed by atoms with Gasteiger partial charge in [0.05, 0.1) is 17.5 Å². The third-order valence-corrected chi connectivity index (χ3v) is 3.30. The van der Waals surface area contributed by atoms with Crippen molar-refractivity contribution in [2.75, 3.05) is 4.90 Å². The van der Waals surface area contributed by atoms with Gasteiger partial charge in [-0.3, -0.25) is 14.5 Å². The average Bonchev–Trinajstić information content (AvgIpc) is 3.05. The number of fused-ring (bicyclic) bond motifs is 1. The summed E-state index contributed by atoms with van der Waals surface area (Å²) in [4.78, 5) is 24.9. The quantitative estimate of drug-likeness (QED) is 0.738. The van der Waals surface area contributed by atoms with Gasteiger partial charge in [0.15, 0.2) is 0 Å². The van der Waals surface area contributed by atoms with Gasteiger partial charge in [-0.25, -0.2) is 0 Å². The molecular formula is C12H12N2O2. The van der Waals surface area contributed by atoms with Crippen LogP contribution in [0.15, 0.2) is 24.3 Å². The van der Waals surface area contributed by atoms with Gasteiger partial charge in [-0.1, -0.05) is 12.1 Å². The van der Waals surface area contributed by atoms with Gasteiger partial charge in [-0.05, 0) is 24.1 Å². The van der Waals surface area contributed by atoms with Crippen LogP contribution in [0.5, 0.6) is 0 Å². The van der Waals surface area contributed by atoms with E-state index in [-0.39, 0.29) is 23.7 Å². The topological polar surface area (TPSA) is 63.4 Å². The summed E-state index contributed by atoms with van der Waals surface area (Å²) >= 11 is 0. The fourth-order valence-corrected chi connectivity index (χ4v) is 2.22. The number of nitrogens with two attached hydrogens (primary N) is 1. The largest absolute Gasteiger partial charge is 0.326 e. The Morgan fingerprint density at radius 1 is 1.12 bits per heavy atom. The maximum Gasteiger partial charge on any atom is 0.237 e. The number of anilines is 1. The Hall–Kier alpha value is -1.68. The van der Waals surface area contributed by atoms with Crippen molar-refractivity contribution in [3.8, 4) is 0 Å². The van der Waals surface area contributed by atoms with E-state index in [0.717, 1.165) is 12.0 Å². The second-order valence-electron chi connectivity index (χ2n) is 4.33. The van der Waals surface area contributed by atoms with E-state index in [0.29, 0.717) is 12.2 Å². The van der Waals surface area contributed by atoms with Crippen LogP contribution in [-0.4, -0.2) is 11.8 Å². The number of carbonyl (C=O) groups excluding carboxylic acids is 2. The molecule has 1 aromatic carbocycles. The van der Waals surface area contributed by atoms with Crippen LogP contribution >= 0.6 is 0 Å². The predicted octanol–water partition coefficient (Wildman–Crippen LogP) is 0.655. The summed E-state index contributed by atoms with van der Waals surface area (Å²) in [6.07, 6.45) is 0.745. The van der Waals surface area contributed by atoms with E-state index in [4.69, 9.17) is 5.73 Å². The van der Waals surface area contributed by atoms with Gasteiger partial charge in [0.25, 0.3) is 0 Å². The molecule has 0 bridgehead atoms. The van der Waals surface area contributed by atoms with Crippen molar-refractivity contribution in [3.05, 3.63) is 29.8 Å². The summed E-state index contributed by atoms with van der Waals surface area (Å²) in [6, 6.07) is 7.26. The van der Waals surface area contributed by atoms with E-state index in [1.807, 2.05) is 12.1 Å². The highest BCUT2D eigenvalue weighted by Gasteiger charge is 2.59. The number of rotatable bonds is 2. The third-order valence-electron chi connectivity index (χ3n) is 3.30. The van der Waals surface area contributed by atoms with Gasteiger partial charge in [0.1, 0.15) is 0 Å². The minimum Gasteiger partial charge on any atom is -0.326 e. The second-order valence-corrected chi connectivity index (χ2v) is 4.33. The number of piperidine rings is 1. The second kappa shape index (κ2) is 3.15. The van der Waals surface area contributed by atoms with Crippen LogP contribution in [0.25, 0.3) is 0 Å². The van der Waals surface area contributed by atoms with Crippen LogP contribution in [0, 0.1) is 11.8 Å². The zero-order valence-corrected chi connectivity index (χ0v) is 8.72. The lowest BCUT2D eigenvalue weighted by Gasteiger charge is -2.16. The van der Waals surface area contributed by atoms with Crippen molar-refractivity contribution in [1.82, 2.24) is 0 Å². The van der Waals surface area contributed by atoms with Gasteiger partial charge >= 0.3 is 0 Å². The highest BCUT2D eigenvalue weighted by atomic mass is 16.2. The Balaban J connectivity index is 1.92. The Kier molecular flexibility index (Phi) is 1.88. The molecule has 0 aromatic heterocycles. The smallest absolute Gasteiger partial charge is 0.237 e. The Labute approximate surface area is 93.0 Å². The molecule has 82 valence electrons. The fraction of sp³-hybridized carbons (Fsp3) is 0.333. The molecule has 1 saturated carbocycles. The maximum atomic E-state index is 11.8. The highest BCUT2D eigenvalue weighted by molar-refractivity contribution is 6.24. The summed E-state index contributed by atoms with van der Waals surface area (Å²) in [5.41, 5.74) is 7.15. The minimum atomic E-state index is -0.0458. The molecule has 4 heteroatoms. The zero-order valence-electron chi connectivity index (χ0n) is 8.72. The van der Waals surface area contributed by atoms with Gasteiger partial charge in [-0.15, -0.1) is 0 Å². The highest BCUT2D eigenvalue weighted by Crippen LogP contribution is 2.48. The first-order chi connectivity index (χ1) is 7.72. The number of benzene rings is 1. The SMILES string of the molecule is NCc1ccc(N2C(=O)C3CC3C2=O)cc1. The Morgan fingerprint density at radius 2 is 1.69 bits per heavy atom. The first-order valence-electron chi connectivity index (χ1n) is 5.39. The van der Waals surface area contributed by atoms with E-state index in [1.165, 1.54) is 4.90 Å². The number of amides is 2. The summed E-state index contributed by atoms with van der Waals surface area (Å²) in [5.74, 6) is -0.172. The molecule has 2 fully saturated rings. The van der Waals surface area contributed by atoms with Crippen LogP contribution in [0.1, 0.15) is 12.0 Å². The lowest BCUT2D eigenvalue weighted by Crippen LogP contribution is -2.32. The molecule has 0 spiro atoms. The molecule has 2 amide bonds. The standard InChI is InChI=1S/C12H12N2O2/c13-6-7-1-3-8(4-2-7)14-11(15)9-5-10(9)12(14)16/h1-4,9-10H,5-6,13H2. The first kappa shape index (κ1) is 9.54. The Morgan fingerprint density at radius 3 is 2.19 bits per heavy atom. The maximum absolute atomic E-state index is 11.8. The molecule has 1 heterocycles. The normalized spacial score (nSPS) is 27.2. The number of hydrogen-bond donors (Lipinski definition) is 1. The van der Waals surface area contributed by atoms with Gasteiger partial charge < -0.3 is 5.73 Å². The molecule has 2 atom stereocenters. The molecule has 1 saturated heterocycles. The molecule has 4 nitrogen and oxygen atoms in total. The third kappa shape index (κ3) is 1.20. The molecule has 2 unspecified atom stereocenters. The van der Waals surface area contributed by atoms with E-state index >= 15 is 0 Å². The lowest BCUT2D eigenvalue weighted by molar-refractivity contribution is -0.123. The fourth-order valence-electron chi connectivity index (χ4n) is 2.22. The summed E-state index contributed by atoms with van der Waals surface area (Å²) < 4.78 is 0. The minimum absolute atomic E-state index is 0.0401. The number of imide groups is 1. The van der Waals surface area contributed by atoms with E-state index in [9.17, 15) is 9.59 Å². The number of carbonyl (C=O) groups is 2. The zero-order chi connectivity index (χ0) is 11.3. The Bertz CT molecular complexity index is 446.